The van der Waals surface area contributed by atoms with Gasteiger partial charge in [0.05, 0.1) is 5.56 Å². The van der Waals surface area contributed by atoms with Crippen LogP contribution in [0, 0.1) is 11.3 Å². The fourth-order valence-corrected chi connectivity index (χ4v) is 3.07. The highest BCUT2D eigenvalue weighted by Gasteiger charge is 2.40. The molecule has 0 aromatic heterocycles. The van der Waals surface area contributed by atoms with Crippen molar-refractivity contribution in [1.29, 1.82) is 0 Å². The average molecular weight is 403 g/mol. The van der Waals surface area contributed by atoms with Crippen molar-refractivity contribution in [3.8, 4) is 0 Å². The third-order valence-corrected chi connectivity index (χ3v) is 4.94. The Morgan fingerprint density at radius 1 is 1.30 bits per heavy atom. The van der Waals surface area contributed by atoms with Crippen LogP contribution >= 0.6 is 31.9 Å². The summed E-state index contributed by atoms with van der Waals surface area (Å²) in [6.07, 6.45) is 0.445. The Kier molecular flexibility index (Phi) is 4.40. The summed E-state index contributed by atoms with van der Waals surface area (Å²) in [6, 6.07) is 5.40. The van der Waals surface area contributed by atoms with E-state index in [1.54, 1.807) is 12.1 Å². The first-order valence-corrected chi connectivity index (χ1v) is 8.08. The van der Waals surface area contributed by atoms with E-state index in [0.717, 1.165) is 4.47 Å². The second-order valence-corrected chi connectivity index (χ2v) is 7.97. The van der Waals surface area contributed by atoms with E-state index in [2.05, 4.69) is 52.6 Å². The minimum Gasteiger partial charge on any atom is -0.278 e. The van der Waals surface area contributed by atoms with E-state index in [4.69, 9.17) is 0 Å². The number of halogens is 2. The molecular formula is C15H17Br2NO2. The molecule has 0 N–H and O–H groups in total. The Bertz CT molecular complexity index is 563. The Morgan fingerprint density at radius 3 is 2.50 bits per heavy atom. The maximum absolute atomic E-state index is 12.6. The molecule has 108 valence electrons. The number of hydrogen-bond donors (Lipinski definition) is 0. The van der Waals surface area contributed by atoms with Crippen LogP contribution in [0.5, 0.6) is 0 Å². The summed E-state index contributed by atoms with van der Waals surface area (Å²) in [5.41, 5.74) is 0.543. The SMILES string of the molecule is CC(C)(C)C1CC(=O)N(C(=O)c2cc(Br)ccc2Br)C1. The largest absolute Gasteiger partial charge is 0.278 e. The number of amides is 2. The molecule has 0 spiro atoms. The number of carbonyl (C=O) groups excluding carboxylic acids is 2. The quantitative estimate of drug-likeness (QED) is 0.658. The predicted molar refractivity (Wildman–Crippen MR) is 85.4 cm³/mol. The lowest BCUT2D eigenvalue weighted by Gasteiger charge is -2.26. The average Bonchev–Trinajstić information content (AvgIpc) is 2.73. The maximum atomic E-state index is 12.6. The summed E-state index contributed by atoms with van der Waals surface area (Å²) in [5.74, 6) is -0.0957. The molecule has 0 aliphatic carbocycles. The number of rotatable bonds is 1. The van der Waals surface area contributed by atoms with Crippen LogP contribution in [0.4, 0.5) is 0 Å². The molecule has 0 radical (unpaired) electrons. The standard InChI is InChI=1S/C15H17Br2NO2/c1-15(2,3)9-6-13(19)18(8-9)14(20)11-7-10(16)4-5-12(11)17/h4-5,7,9H,6,8H2,1-3H3. The van der Waals surface area contributed by atoms with Gasteiger partial charge >= 0.3 is 0 Å². The lowest BCUT2D eigenvalue weighted by molar-refractivity contribution is -0.125. The molecule has 1 aromatic carbocycles. The zero-order valence-electron chi connectivity index (χ0n) is 11.7. The summed E-state index contributed by atoms with van der Waals surface area (Å²) in [5, 5.41) is 0. The van der Waals surface area contributed by atoms with Crippen LogP contribution in [0.1, 0.15) is 37.6 Å². The number of carbonyl (C=O) groups is 2. The molecule has 1 aliphatic rings. The second-order valence-electron chi connectivity index (χ2n) is 6.20. The normalized spacial score (nSPS) is 19.6. The lowest BCUT2D eigenvalue weighted by Crippen LogP contribution is -2.33. The molecule has 20 heavy (non-hydrogen) atoms. The van der Waals surface area contributed by atoms with Gasteiger partial charge in [0.15, 0.2) is 0 Å². The van der Waals surface area contributed by atoms with Gasteiger partial charge in [-0.2, -0.15) is 0 Å². The fourth-order valence-electron chi connectivity index (χ4n) is 2.29. The highest BCUT2D eigenvalue weighted by molar-refractivity contribution is 9.11. The monoisotopic (exact) mass is 401 g/mol. The van der Waals surface area contributed by atoms with Crippen molar-refractivity contribution in [2.45, 2.75) is 27.2 Å². The molecule has 2 rings (SSSR count). The Labute approximate surface area is 136 Å². The molecular weight excluding hydrogens is 386 g/mol. The van der Waals surface area contributed by atoms with E-state index in [0.29, 0.717) is 23.0 Å². The number of benzene rings is 1. The molecule has 1 saturated heterocycles. The van der Waals surface area contributed by atoms with Gasteiger partial charge in [0.2, 0.25) is 5.91 Å². The van der Waals surface area contributed by atoms with Crippen molar-refractivity contribution in [3.63, 3.8) is 0 Å². The predicted octanol–water partition coefficient (Wildman–Crippen LogP) is 4.25. The highest BCUT2D eigenvalue weighted by atomic mass is 79.9. The van der Waals surface area contributed by atoms with Crippen molar-refractivity contribution in [2.24, 2.45) is 11.3 Å². The molecule has 1 aromatic rings. The van der Waals surface area contributed by atoms with Gasteiger partial charge < -0.3 is 0 Å². The summed E-state index contributed by atoms with van der Waals surface area (Å²) < 4.78 is 1.53. The van der Waals surface area contributed by atoms with Gasteiger partial charge in [-0.15, -0.1) is 0 Å². The van der Waals surface area contributed by atoms with Crippen molar-refractivity contribution in [2.75, 3.05) is 6.54 Å². The fraction of sp³-hybridized carbons (Fsp3) is 0.467. The van der Waals surface area contributed by atoms with E-state index >= 15 is 0 Å². The molecule has 1 atom stereocenters. The smallest absolute Gasteiger partial charge is 0.261 e. The first-order valence-electron chi connectivity index (χ1n) is 6.50. The molecule has 1 unspecified atom stereocenters. The van der Waals surface area contributed by atoms with E-state index in [9.17, 15) is 9.59 Å². The van der Waals surface area contributed by atoms with Gasteiger partial charge in [-0.1, -0.05) is 36.7 Å². The van der Waals surface area contributed by atoms with Crippen LogP contribution < -0.4 is 0 Å². The van der Waals surface area contributed by atoms with Crippen molar-refractivity contribution >= 4 is 43.7 Å². The molecule has 1 heterocycles. The number of nitrogens with zero attached hydrogens (tertiary/aromatic N) is 1. The number of likely N-dealkylation sites (tertiary alicyclic amines) is 1. The van der Waals surface area contributed by atoms with Crippen LogP contribution in [-0.2, 0) is 4.79 Å². The third kappa shape index (κ3) is 3.14. The first kappa shape index (κ1) is 15.7. The Morgan fingerprint density at radius 2 is 1.95 bits per heavy atom. The number of imide groups is 1. The van der Waals surface area contributed by atoms with Gasteiger partial charge in [0, 0.05) is 21.9 Å². The zero-order chi connectivity index (χ0) is 15.1. The van der Waals surface area contributed by atoms with Crippen LogP contribution in [-0.4, -0.2) is 23.3 Å². The molecule has 2 amide bonds. The maximum Gasteiger partial charge on any atom is 0.261 e. The van der Waals surface area contributed by atoms with Crippen molar-refractivity contribution < 1.29 is 9.59 Å². The van der Waals surface area contributed by atoms with Gasteiger partial charge in [0.1, 0.15) is 0 Å². The Hall–Kier alpha value is -0.680. The minimum atomic E-state index is -0.227. The van der Waals surface area contributed by atoms with Crippen LogP contribution in [0.2, 0.25) is 0 Å². The van der Waals surface area contributed by atoms with Crippen molar-refractivity contribution in [1.82, 2.24) is 4.90 Å². The topological polar surface area (TPSA) is 37.4 Å². The molecule has 0 saturated carbocycles. The van der Waals surface area contributed by atoms with Crippen LogP contribution in [0.3, 0.4) is 0 Å². The molecule has 1 fully saturated rings. The summed E-state index contributed by atoms with van der Waals surface area (Å²) in [4.78, 5) is 26.1. The molecule has 0 bridgehead atoms. The first-order chi connectivity index (χ1) is 9.20. The minimum absolute atomic E-state index is 0.0270. The van der Waals surface area contributed by atoms with Gasteiger partial charge in [0.25, 0.3) is 5.91 Å². The van der Waals surface area contributed by atoms with Gasteiger partial charge in [-0.3, -0.25) is 14.5 Å². The van der Waals surface area contributed by atoms with E-state index in [1.807, 2.05) is 6.07 Å². The summed E-state index contributed by atoms with van der Waals surface area (Å²) in [7, 11) is 0. The van der Waals surface area contributed by atoms with Gasteiger partial charge in [-0.25, -0.2) is 0 Å². The van der Waals surface area contributed by atoms with Crippen molar-refractivity contribution in [3.05, 3.63) is 32.7 Å². The van der Waals surface area contributed by atoms with Gasteiger partial charge in [-0.05, 0) is 45.5 Å². The molecule has 1 aliphatic heterocycles. The number of hydrogen-bond acceptors (Lipinski definition) is 2. The summed E-state index contributed by atoms with van der Waals surface area (Å²) in [6.45, 7) is 6.82. The lowest BCUT2D eigenvalue weighted by atomic mass is 9.80. The summed E-state index contributed by atoms with van der Waals surface area (Å²) >= 11 is 6.73. The van der Waals surface area contributed by atoms with Crippen LogP contribution in [0.25, 0.3) is 0 Å². The van der Waals surface area contributed by atoms with Crippen LogP contribution in [0.15, 0.2) is 27.1 Å². The van der Waals surface area contributed by atoms with E-state index in [-0.39, 0.29) is 23.1 Å². The Balaban J connectivity index is 2.26. The molecule has 3 nitrogen and oxygen atoms in total. The van der Waals surface area contributed by atoms with E-state index in [1.165, 1.54) is 4.90 Å². The third-order valence-electron chi connectivity index (χ3n) is 3.75. The zero-order valence-corrected chi connectivity index (χ0v) is 14.9. The highest BCUT2D eigenvalue weighted by Crippen LogP contribution is 2.35. The molecule has 5 heteroatoms. The second kappa shape index (κ2) is 5.60. The van der Waals surface area contributed by atoms with E-state index < -0.39 is 0 Å².